The molecule has 2 aromatic rings. The van der Waals surface area contributed by atoms with E-state index in [2.05, 4.69) is 4.98 Å². The standard InChI is InChI=1S/C11H12N4O2S/c1-14-5-4-13-11(14)18-7-8-2-3-10(15(16)17)9(12)6-8/h2-6H,7,12H2,1H3. The van der Waals surface area contributed by atoms with E-state index in [0.29, 0.717) is 5.75 Å². The minimum absolute atomic E-state index is 0.0549. The molecule has 1 aromatic carbocycles. The fraction of sp³-hybridized carbons (Fsp3) is 0.182. The number of rotatable bonds is 4. The number of imidazole rings is 1. The minimum atomic E-state index is -0.481. The summed E-state index contributed by atoms with van der Waals surface area (Å²) in [7, 11) is 1.92. The van der Waals surface area contributed by atoms with Gasteiger partial charge in [-0.05, 0) is 11.6 Å². The normalized spacial score (nSPS) is 10.5. The summed E-state index contributed by atoms with van der Waals surface area (Å²) >= 11 is 1.56. The van der Waals surface area contributed by atoms with Gasteiger partial charge >= 0.3 is 0 Å². The molecule has 1 heterocycles. The molecule has 0 amide bonds. The van der Waals surface area contributed by atoms with Crippen LogP contribution in [0.15, 0.2) is 35.7 Å². The number of nitrogens with two attached hydrogens (primary N) is 1. The van der Waals surface area contributed by atoms with Crippen molar-refractivity contribution in [3.8, 4) is 0 Å². The molecule has 1 aromatic heterocycles. The highest BCUT2D eigenvalue weighted by atomic mass is 32.2. The molecular weight excluding hydrogens is 252 g/mol. The van der Waals surface area contributed by atoms with Crippen LogP contribution in [-0.4, -0.2) is 14.5 Å². The number of nitrogen functional groups attached to an aromatic ring is 1. The van der Waals surface area contributed by atoms with Crippen LogP contribution in [0.25, 0.3) is 0 Å². The lowest BCUT2D eigenvalue weighted by molar-refractivity contribution is -0.383. The van der Waals surface area contributed by atoms with Gasteiger partial charge in [-0.15, -0.1) is 0 Å². The third kappa shape index (κ3) is 2.62. The fourth-order valence-electron chi connectivity index (χ4n) is 1.50. The van der Waals surface area contributed by atoms with Gasteiger partial charge in [0.1, 0.15) is 5.69 Å². The molecule has 18 heavy (non-hydrogen) atoms. The zero-order chi connectivity index (χ0) is 13.1. The number of aromatic nitrogens is 2. The zero-order valence-electron chi connectivity index (χ0n) is 9.74. The van der Waals surface area contributed by atoms with Gasteiger partial charge in [-0.2, -0.15) is 0 Å². The first-order valence-corrected chi connectivity index (χ1v) is 6.19. The summed E-state index contributed by atoms with van der Waals surface area (Å²) in [6.45, 7) is 0. The smallest absolute Gasteiger partial charge is 0.292 e. The van der Waals surface area contributed by atoms with E-state index in [1.807, 2.05) is 17.8 Å². The van der Waals surface area contributed by atoms with E-state index < -0.39 is 4.92 Å². The number of anilines is 1. The molecule has 2 rings (SSSR count). The molecular formula is C11H12N4O2S. The van der Waals surface area contributed by atoms with Crippen molar-refractivity contribution in [3.05, 3.63) is 46.3 Å². The van der Waals surface area contributed by atoms with Gasteiger partial charge in [0.05, 0.1) is 4.92 Å². The highest BCUT2D eigenvalue weighted by Gasteiger charge is 2.11. The van der Waals surface area contributed by atoms with Gasteiger partial charge in [0.2, 0.25) is 0 Å². The van der Waals surface area contributed by atoms with Crippen molar-refractivity contribution in [2.24, 2.45) is 7.05 Å². The van der Waals surface area contributed by atoms with E-state index in [1.165, 1.54) is 6.07 Å². The quantitative estimate of drug-likeness (QED) is 0.396. The molecule has 0 spiro atoms. The molecule has 0 radical (unpaired) electrons. The molecule has 0 saturated carbocycles. The summed E-state index contributed by atoms with van der Waals surface area (Å²) in [5.41, 5.74) is 6.70. The summed E-state index contributed by atoms with van der Waals surface area (Å²) in [5.74, 6) is 0.674. The van der Waals surface area contributed by atoms with Crippen molar-refractivity contribution < 1.29 is 4.92 Å². The van der Waals surface area contributed by atoms with Crippen molar-refractivity contribution in [3.63, 3.8) is 0 Å². The summed E-state index contributed by atoms with van der Waals surface area (Å²) in [5, 5.41) is 11.5. The fourth-order valence-corrected chi connectivity index (χ4v) is 2.37. The van der Waals surface area contributed by atoms with Gasteiger partial charge in [0, 0.05) is 31.3 Å². The number of nitrogens with zero attached hydrogens (tertiary/aromatic N) is 3. The molecule has 94 valence electrons. The Labute approximate surface area is 108 Å². The lowest BCUT2D eigenvalue weighted by Crippen LogP contribution is -1.97. The Morgan fingerprint density at radius 2 is 2.33 bits per heavy atom. The largest absolute Gasteiger partial charge is 0.393 e. The van der Waals surface area contributed by atoms with Crippen LogP contribution in [0.1, 0.15) is 5.56 Å². The number of benzene rings is 1. The molecule has 0 fully saturated rings. The van der Waals surface area contributed by atoms with E-state index in [0.717, 1.165) is 10.7 Å². The van der Waals surface area contributed by atoms with Crippen molar-refractivity contribution in [1.29, 1.82) is 0 Å². The van der Waals surface area contributed by atoms with Gasteiger partial charge in [0.25, 0.3) is 5.69 Å². The van der Waals surface area contributed by atoms with E-state index in [1.54, 1.807) is 30.1 Å². The van der Waals surface area contributed by atoms with Crippen molar-refractivity contribution in [2.45, 2.75) is 10.9 Å². The molecule has 7 heteroatoms. The third-order valence-electron chi connectivity index (χ3n) is 2.43. The SMILES string of the molecule is Cn1ccnc1SCc1ccc([N+](=O)[O-])c(N)c1. The lowest BCUT2D eigenvalue weighted by Gasteiger charge is -2.03. The number of hydrogen-bond acceptors (Lipinski definition) is 5. The maximum absolute atomic E-state index is 10.6. The monoisotopic (exact) mass is 264 g/mol. The first kappa shape index (κ1) is 12.4. The Kier molecular flexibility index (Phi) is 3.52. The summed E-state index contributed by atoms with van der Waals surface area (Å²) < 4.78 is 1.92. The van der Waals surface area contributed by atoms with Crippen LogP contribution < -0.4 is 5.73 Å². The van der Waals surface area contributed by atoms with Crippen LogP contribution in [0.5, 0.6) is 0 Å². The number of thioether (sulfide) groups is 1. The van der Waals surface area contributed by atoms with Crippen LogP contribution in [-0.2, 0) is 12.8 Å². The number of aryl methyl sites for hydroxylation is 1. The minimum Gasteiger partial charge on any atom is -0.393 e. The molecule has 0 saturated heterocycles. The zero-order valence-corrected chi connectivity index (χ0v) is 10.6. The number of nitro groups is 1. The lowest BCUT2D eigenvalue weighted by atomic mass is 10.2. The molecule has 0 aliphatic rings. The Balaban J connectivity index is 2.09. The highest BCUT2D eigenvalue weighted by Crippen LogP contribution is 2.26. The van der Waals surface area contributed by atoms with E-state index in [9.17, 15) is 10.1 Å². The first-order chi connectivity index (χ1) is 8.58. The van der Waals surface area contributed by atoms with Crippen LogP contribution in [0.4, 0.5) is 11.4 Å². The molecule has 0 aliphatic carbocycles. The van der Waals surface area contributed by atoms with Crippen LogP contribution in [0, 0.1) is 10.1 Å². The van der Waals surface area contributed by atoms with Crippen molar-refractivity contribution in [2.75, 3.05) is 5.73 Å². The van der Waals surface area contributed by atoms with Crippen LogP contribution in [0.2, 0.25) is 0 Å². The van der Waals surface area contributed by atoms with Gasteiger partial charge in [-0.1, -0.05) is 17.8 Å². The summed E-state index contributed by atoms with van der Waals surface area (Å²) in [6.07, 6.45) is 3.60. The number of hydrogen-bond donors (Lipinski definition) is 1. The number of nitro benzene ring substituents is 1. The molecule has 0 bridgehead atoms. The molecule has 0 unspecified atom stereocenters. The Morgan fingerprint density at radius 1 is 1.56 bits per heavy atom. The average Bonchev–Trinajstić information content (AvgIpc) is 2.72. The predicted octanol–water partition coefficient (Wildman–Crippen LogP) is 2.20. The topological polar surface area (TPSA) is 87.0 Å². The third-order valence-corrected chi connectivity index (χ3v) is 3.56. The molecule has 0 aliphatic heterocycles. The van der Waals surface area contributed by atoms with Gasteiger partial charge in [-0.25, -0.2) is 4.98 Å². The summed E-state index contributed by atoms with van der Waals surface area (Å²) in [6, 6.07) is 4.78. The Hall–Kier alpha value is -2.02. The second-order valence-electron chi connectivity index (χ2n) is 3.76. The molecule has 6 nitrogen and oxygen atoms in total. The van der Waals surface area contributed by atoms with Crippen LogP contribution in [0.3, 0.4) is 0 Å². The van der Waals surface area contributed by atoms with Gasteiger partial charge in [0.15, 0.2) is 5.16 Å². The van der Waals surface area contributed by atoms with E-state index >= 15 is 0 Å². The van der Waals surface area contributed by atoms with Gasteiger partial charge in [-0.3, -0.25) is 10.1 Å². The molecule has 0 atom stereocenters. The van der Waals surface area contributed by atoms with Crippen molar-refractivity contribution in [1.82, 2.24) is 9.55 Å². The average molecular weight is 264 g/mol. The second kappa shape index (κ2) is 5.09. The second-order valence-corrected chi connectivity index (χ2v) is 4.70. The van der Waals surface area contributed by atoms with E-state index in [-0.39, 0.29) is 11.4 Å². The maximum Gasteiger partial charge on any atom is 0.292 e. The maximum atomic E-state index is 10.6. The van der Waals surface area contributed by atoms with E-state index in [4.69, 9.17) is 5.73 Å². The van der Waals surface area contributed by atoms with Crippen LogP contribution >= 0.6 is 11.8 Å². The Morgan fingerprint density at radius 3 is 2.89 bits per heavy atom. The highest BCUT2D eigenvalue weighted by molar-refractivity contribution is 7.98. The van der Waals surface area contributed by atoms with Crippen molar-refractivity contribution >= 4 is 23.1 Å². The predicted molar refractivity (Wildman–Crippen MR) is 70.3 cm³/mol. The first-order valence-electron chi connectivity index (χ1n) is 5.21. The van der Waals surface area contributed by atoms with Gasteiger partial charge < -0.3 is 10.3 Å². The Bertz CT molecular complexity index is 582. The summed E-state index contributed by atoms with van der Waals surface area (Å²) in [4.78, 5) is 14.3. The molecule has 2 N–H and O–H groups in total.